The van der Waals surface area contributed by atoms with Gasteiger partial charge >= 0.3 is 0 Å². The van der Waals surface area contributed by atoms with Crippen LogP contribution in [0.25, 0.3) is 0 Å². The predicted molar refractivity (Wildman–Crippen MR) is 66.9 cm³/mol. The van der Waals surface area contributed by atoms with Crippen LogP contribution < -0.4 is 10.6 Å². The van der Waals surface area contributed by atoms with Gasteiger partial charge in [-0.3, -0.25) is 0 Å². The number of aromatic nitrogens is 2. The second-order valence-corrected chi connectivity index (χ2v) is 4.70. The second kappa shape index (κ2) is 5.42. The van der Waals surface area contributed by atoms with E-state index in [9.17, 15) is 5.11 Å². The summed E-state index contributed by atoms with van der Waals surface area (Å²) in [6.07, 6.45) is 4.32. The quantitative estimate of drug-likeness (QED) is 0.721. The van der Waals surface area contributed by atoms with E-state index in [0.29, 0.717) is 12.5 Å². The number of aliphatic hydroxyl groups is 1. The normalized spacial score (nSPS) is 25.3. The molecule has 2 heterocycles. The molecule has 1 saturated heterocycles. The molecule has 17 heavy (non-hydrogen) atoms. The van der Waals surface area contributed by atoms with Crippen LogP contribution >= 0.6 is 0 Å². The van der Waals surface area contributed by atoms with Crippen LogP contribution in [0.1, 0.15) is 25.0 Å². The Balaban J connectivity index is 1.92. The lowest BCUT2D eigenvalue weighted by atomic mass is 9.95. The predicted octanol–water partition coefficient (Wildman–Crippen LogP) is 0.702. The zero-order chi connectivity index (χ0) is 12.1. The number of hydrogen-bond donors (Lipinski definition) is 3. The summed E-state index contributed by atoms with van der Waals surface area (Å²) in [7, 11) is 0. The molecule has 0 bridgehead atoms. The minimum atomic E-state index is -0.642. The number of rotatable bonds is 3. The first-order valence-corrected chi connectivity index (χ1v) is 6.15. The Kier molecular flexibility index (Phi) is 3.91. The fourth-order valence-corrected chi connectivity index (χ4v) is 2.07. The Bertz CT molecular complexity index is 361. The maximum Gasteiger partial charge on any atom is 0.222 e. The van der Waals surface area contributed by atoms with Gasteiger partial charge in [0.25, 0.3) is 0 Å². The minimum Gasteiger partial charge on any atom is -0.388 e. The van der Waals surface area contributed by atoms with Gasteiger partial charge in [0.15, 0.2) is 0 Å². The maximum atomic E-state index is 10.4. The lowest BCUT2D eigenvalue weighted by Crippen LogP contribution is -2.38. The summed E-state index contributed by atoms with van der Waals surface area (Å²) in [6.45, 7) is 4.30. The fourth-order valence-electron chi connectivity index (χ4n) is 2.07. The van der Waals surface area contributed by atoms with E-state index in [1.165, 1.54) is 0 Å². The van der Waals surface area contributed by atoms with Crippen LogP contribution in [0.2, 0.25) is 0 Å². The van der Waals surface area contributed by atoms with E-state index in [0.717, 1.165) is 38.0 Å². The molecule has 1 aromatic heterocycles. The highest BCUT2D eigenvalue weighted by Gasteiger charge is 2.27. The number of anilines is 1. The summed E-state index contributed by atoms with van der Waals surface area (Å²) in [5.74, 6) is 0.593. The number of aryl methyl sites for hydroxylation is 1. The molecule has 2 rings (SSSR count). The SMILES string of the molecule is Cc1ccnc(NCC2(O)CCCNCC2)n1. The Morgan fingerprint density at radius 1 is 1.47 bits per heavy atom. The van der Waals surface area contributed by atoms with Crippen molar-refractivity contribution >= 4 is 5.95 Å². The first-order valence-electron chi connectivity index (χ1n) is 6.15. The van der Waals surface area contributed by atoms with Crippen molar-refractivity contribution in [3.8, 4) is 0 Å². The van der Waals surface area contributed by atoms with E-state index in [4.69, 9.17) is 0 Å². The van der Waals surface area contributed by atoms with Crippen molar-refractivity contribution in [1.29, 1.82) is 0 Å². The second-order valence-electron chi connectivity index (χ2n) is 4.70. The van der Waals surface area contributed by atoms with Crippen LogP contribution in [0.4, 0.5) is 5.95 Å². The van der Waals surface area contributed by atoms with Crippen molar-refractivity contribution in [2.75, 3.05) is 25.0 Å². The van der Waals surface area contributed by atoms with Gasteiger partial charge in [0.2, 0.25) is 5.95 Å². The standard InChI is InChI=1S/C12H20N4O/c1-10-3-7-14-11(16-10)15-9-12(17)4-2-6-13-8-5-12/h3,7,13,17H,2,4-6,8-9H2,1H3,(H,14,15,16). The van der Waals surface area contributed by atoms with E-state index in [1.807, 2.05) is 13.0 Å². The van der Waals surface area contributed by atoms with Crippen molar-refractivity contribution in [2.45, 2.75) is 31.8 Å². The molecule has 0 aromatic carbocycles. The average Bonchev–Trinajstić information content (AvgIpc) is 2.53. The van der Waals surface area contributed by atoms with E-state index in [2.05, 4.69) is 20.6 Å². The fraction of sp³-hybridized carbons (Fsp3) is 0.667. The molecule has 0 radical (unpaired) electrons. The third-order valence-electron chi connectivity index (χ3n) is 3.13. The van der Waals surface area contributed by atoms with Crippen molar-refractivity contribution < 1.29 is 5.11 Å². The summed E-state index contributed by atoms with van der Waals surface area (Å²) in [4.78, 5) is 8.39. The maximum absolute atomic E-state index is 10.4. The van der Waals surface area contributed by atoms with E-state index < -0.39 is 5.60 Å². The first kappa shape index (κ1) is 12.3. The molecule has 5 nitrogen and oxygen atoms in total. The minimum absolute atomic E-state index is 0.512. The largest absolute Gasteiger partial charge is 0.388 e. The molecule has 1 aliphatic heterocycles. The topological polar surface area (TPSA) is 70.1 Å². The van der Waals surface area contributed by atoms with Crippen LogP contribution in [-0.4, -0.2) is 40.3 Å². The van der Waals surface area contributed by atoms with Gasteiger partial charge in [-0.05, 0) is 45.3 Å². The van der Waals surface area contributed by atoms with Gasteiger partial charge in [-0.2, -0.15) is 0 Å². The summed E-state index contributed by atoms with van der Waals surface area (Å²) in [5, 5.41) is 16.8. The highest BCUT2D eigenvalue weighted by atomic mass is 16.3. The first-order chi connectivity index (χ1) is 8.18. The third kappa shape index (κ3) is 3.64. The van der Waals surface area contributed by atoms with Crippen LogP contribution in [0.5, 0.6) is 0 Å². The highest BCUT2D eigenvalue weighted by Crippen LogP contribution is 2.19. The van der Waals surface area contributed by atoms with Crippen molar-refractivity contribution in [3.63, 3.8) is 0 Å². The molecule has 0 amide bonds. The van der Waals surface area contributed by atoms with Gasteiger partial charge in [0, 0.05) is 18.4 Å². The molecule has 0 spiro atoms. The molecule has 1 fully saturated rings. The summed E-state index contributed by atoms with van der Waals surface area (Å²) < 4.78 is 0. The average molecular weight is 236 g/mol. The molecule has 94 valence electrons. The van der Waals surface area contributed by atoms with E-state index >= 15 is 0 Å². The van der Waals surface area contributed by atoms with Gasteiger partial charge < -0.3 is 15.7 Å². The van der Waals surface area contributed by atoms with Gasteiger partial charge in [-0.25, -0.2) is 9.97 Å². The molecule has 1 atom stereocenters. The van der Waals surface area contributed by atoms with Crippen LogP contribution in [0.15, 0.2) is 12.3 Å². The summed E-state index contributed by atoms with van der Waals surface area (Å²) >= 11 is 0. The smallest absolute Gasteiger partial charge is 0.222 e. The summed E-state index contributed by atoms with van der Waals surface area (Å²) in [5.41, 5.74) is 0.286. The van der Waals surface area contributed by atoms with Gasteiger partial charge in [0.05, 0.1) is 5.60 Å². The Morgan fingerprint density at radius 2 is 2.35 bits per heavy atom. The van der Waals surface area contributed by atoms with Crippen molar-refractivity contribution in [1.82, 2.24) is 15.3 Å². The van der Waals surface area contributed by atoms with Gasteiger partial charge in [-0.1, -0.05) is 0 Å². The molecule has 1 unspecified atom stereocenters. The third-order valence-corrected chi connectivity index (χ3v) is 3.13. The van der Waals surface area contributed by atoms with Crippen molar-refractivity contribution in [2.24, 2.45) is 0 Å². The van der Waals surface area contributed by atoms with Crippen LogP contribution in [0.3, 0.4) is 0 Å². The van der Waals surface area contributed by atoms with Crippen LogP contribution in [-0.2, 0) is 0 Å². The molecule has 0 aliphatic carbocycles. The highest BCUT2D eigenvalue weighted by molar-refractivity contribution is 5.25. The van der Waals surface area contributed by atoms with Gasteiger partial charge in [-0.15, -0.1) is 0 Å². The lowest BCUT2D eigenvalue weighted by molar-refractivity contribution is 0.0412. The molecule has 5 heteroatoms. The van der Waals surface area contributed by atoms with Gasteiger partial charge in [0.1, 0.15) is 0 Å². The molecular formula is C12H20N4O. The molecule has 1 aromatic rings. The Morgan fingerprint density at radius 3 is 3.18 bits per heavy atom. The monoisotopic (exact) mass is 236 g/mol. The Labute approximate surface area is 102 Å². The zero-order valence-electron chi connectivity index (χ0n) is 10.2. The van der Waals surface area contributed by atoms with E-state index in [1.54, 1.807) is 6.20 Å². The molecule has 1 aliphatic rings. The lowest BCUT2D eigenvalue weighted by Gasteiger charge is -2.26. The number of hydrogen-bond acceptors (Lipinski definition) is 5. The molecule has 0 saturated carbocycles. The van der Waals surface area contributed by atoms with Crippen molar-refractivity contribution in [3.05, 3.63) is 18.0 Å². The molecule has 3 N–H and O–H groups in total. The summed E-state index contributed by atoms with van der Waals surface area (Å²) in [6, 6.07) is 1.86. The molecular weight excluding hydrogens is 216 g/mol. The Hall–Kier alpha value is -1.20. The number of nitrogens with zero attached hydrogens (tertiary/aromatic N) is 2. The van der Waals surface area contributed by atoms with Crippen LogP contribution in [0, 0.1) is 6.92 Å². The number of nitrogens with one attached hydrogen (secondary N) is 2. The zero-order valence-corrected chi connectivity index (χ0v) is 10.2. The van der Waals surface area contributed by atoms with E-state index in [-0.39, 0.29) is 0 Å².